The van der Waals surface area contributed by atoms with Gasteiger partial charge in [-0.3, -0.25) is 14.5 Å². The summed E-state index contributed by atoms with van der Waals surface area (Å²) in [7, 11) is 1.57. The lowest BCUT2D eigenvalue weighted by atomic mass is 9.98. The summed E-state index contributed by atoms with van der Waals surface area (Å²) in [5, 5.41) is 0.419. The van der Waals surface area contributed by atoms with Crippen molar-refractivity contribution in [1.29, 1.82) is 0 Å². The van der Waals surface area contributed by atoms with E-state index in [2.05, 4.69) is 22.9 Å². The lowest BCUT2D eigenvalue weighted by Gasteiger charge is -2.25. The molecule has 4 aromatic rings. The van der Waals surface area contributed by atoms with E-state index in [1.54, 1.807) is 36.3 Å². The summed E-state index contributed by atoms with van der Waals surface area (Å²) in [5.74, 6) is 1.04. The van der Waals surface area contributed by atoms with Crippen LogP contribution in [-0.4, -0.2) is 19.6 Å². The first-order chi connectivity index (χ1) is 17.0. The van der Waals surface area contributed by atoms with Crippen molar-refractivity contribution < 1.29 is 18.7 Å². The van der Waals surface area contributed by atoms with Gasteiger partial charge in [0.05, 0.1) is 30.7 Å². The average molecular weight is 534 g/mol. The van der Waals surface area contributed by atoms with Crippen molar-refractivity contribution in [3.05, 3.63) is 98.3 Å². The summed E-state index contributed by atoms with van der Waals surface area (Å²) in [6, 6.07) is 19.3. The molecule has 7 heteroatoms. The van der Waals surface area contributed by atoms with E-state index in [4.69, 9.17) is 13.9 Å². The second kappa shape index (κ2) is 9.58. The second-order valence-electron chi connectivity index (χ2n) is 8.36. The molecule has 2 heterocycles. The summed E-state index contributed by atoms with van der Waals surface area (Å²) in [5.41, 5.74) is 1.86. The van der Waals surface area contributed by atoms with Crippen molar-refractivity contribution in [1.82, 2.24) is 0 Å². The molecule has 0 N–H and O–H groups in total. The molecule has 0 saturated heterocycles. The molecule has 35 heavy (non-hydrogen) atoms. The van der Waals surface area contributed by atoms with Gasteiger partial charge in [-0.2, -0.15) is 0 Å². The highest BCUT2D eigenvalue weighted by Crippen LogP contribution is 2.42. The van der Waals surface area contributed by atoms with Gasteiger partial charge in [0.2, 0.25) is 5.76 Å². The molecule has 6 nitrogen and oxygen atoms in total. The highest BCUT2D eigenvalue weighted by molar-refractivity contribution is 9.10. The Balaban J connectivity index is 1.68. The minimum Gasteiger partial charge on any atom is -0.497 e. The van der Waals surface area contributed by atoms with Gasteiger partial charge in [0.15, 0.2) is 5.43 Å². The van der Waals surface area contributed by atoms with Crippen LogP contribution in [0.2, 0.25) is 0 Å². The van der Waals surface area contributed by atoms with E-state index in [0.717, 1.165) is 28.6 Å². The van der Waals surface area contributed by atoms with E-state index >= 15 is 0 Å². The Morgan fingerprint density at radius 3 is 2.54 bits per heavy atom. The number of halogens is 1. The fraction of sp³-hybridized carbons (Fsp3) is 0.214. The van der Waals surface area contributed by atoms with Gasteiger partial charge in [0.25, 0.3) is 5.91 Å². The molecular weight excluding hydrogens is 510 g/mol. The van der Waals surface area contributed by atoms with Crippen LogP contribution in [0.3, 0.4) is 0 Å². The SMILES string of the molecule is CCCCOc1ccc(C2c3c(oc4ccc(Br)cc4c3=O)C(=O)N2c2cccc(OC)c2)cc1. The fourth-order valence-electron chi connectivity index (χ4n) is 4.37. The normalized spacial score (nSPS) is 14.9. The quantitative estimate of drug-likeness (QED) is 0.254. The molecule has 1 atom stereocenters. The van der Waals surface area contributed by atoms with E-state index in [1.165, 1.54) is 0 Å². The number of nitrogens with zero attached hydrogens (tertiary/aromatic N) is 1. The van der Waals surface area contributed by atoms with Crippen molar-refractivity contribution >= 4 is 38.5 Å². The second-order valence-corrected chi connectivity index (χ2v) is 9.28. The van der Waals surface area contributed by atoms with Crippen molar-refractivity contribution in [2.24, 2.45) is 0 Å². The number of anilines is 1. The summed E-state index contributed by atoms with van der Waals surface area (Å²) in [6.07, 6.45) is 2.02. The Kier molecular flexibility index (Phi) is 6.34. The zero-order valence-electron chi connectivity index (χ0n) is 19.4. The van der Waals surface area contributed by atoms with E-state index in [1.807, 2.05) is 42.5 Å². The molecule has 0 radical (unpaired) electrons. The highest BCUT2D eigenvalue weighted by atomic mass is 79.9. The molecule has 1 unspecified atom stereocenters. The molecular formula is C28H24BrNO5. The Morgan fingerprint density at radius 1 is 1.00 bits per heavy atom. The summed E-state index contributed by atoms with van der Waals surface area (Å²) in [4.78, 5) is 29.0. The van der Waals surface area contributed by atoms with Gasteiger partial charge in [0.1, 0.15) is 17.1 Å². The summed E-state index contributed by atoms with van der Waals surface area (Å²) in [6.45, 7) is 2.75. The molecule has 1 aromatic heterocycles. The zero-order chi connectivity index (χ0) is 24.5. The van der Waals surface area contributed by atoms with E-state index in [-0.39, 0.29) is 17.1 Å². The topological polar surface area (TPSA) is 69.0 Å². The molecule has 1 aliphatic heterocycles. The maximum atomic E-state index is 13.7. The predicted molar refractivity (Wildman–Crippen MR) is 139 cm³/mol. The predicted octanol–water partition coefficient (Wildman–Crippen LogP) is 6.49. The molecule has 0 aliphatic carbocycles. The number of ether oxygens (including phenoxy) is 2. The van der Waals surface area contributed by atoms with E-state index < -0.39 is 6.04 Å². The van der Waals surface area contributed by atoms with Crippen LogP contribution >= 0.6 is 15.9 Å². The van der Waals surface area contributed by atoms with Gasteiger partial charge >= 0.3 is 0 Å². The van der Waals surface area contributed by atoms with Gasteiger partial charge in [-0.15, -0.1) is 0 Å². The smallest absolute Gasteiger partial charge is 0.295 e. The third-order valence-corrected chi connectivity index (χ3v) is 6.62. The lowest BCUT2D eigenvalue weighted by molar-refractivity contribution is 0.0971. The largest absolute Gasteiger partial charge is 0.497 e. The van der Waals surface area contributed by atoms with Crippen LogP contribution in [0.1, 0.15) is 47.5 Å². The zero-order valence-corrected chi connectivity index (χ0v) is 21.0. The van der Waals surface area contributed by atoms with Crippen LogP contribution in [0.4, 0.5) is 5.69 Å². The van der Waals surface area contributed by atoms with Crippen molar-refractivity contribution in [2.75, 3.05) is 18.6 Å². The van der Waals surface area contributed by atoms with Crippen LogP contribution < -0.4 is 19.8 Å². The molecule has 1 aliphatic rings. The number of fused-ring (bicyclic) bond motifs is 2. The fourth-order valence-corrected chi connectivity index (χ4v) is 4.73. The molecule has 3 aromatic carbocycles. The molecule has 0 bridgehead atoms. The molecule has 0 fully saturated rings. The summed E-state index contributed by atoms with van der Waals surface area (Å²) >= 11 is 3.43. The monoisotopic (exact) mass is 533 g/mol. The minimum absolute atomic E-state index is 0.0564. The third kappa shape index (κ3) is 4.21. The number of hydrogen-bond donors (Lipinski definition) is 0. The highest BCUT2D eigenvalue weighted by Gasteiger charge is 2.43. The van der Waals surface area contributed by atoms with Crippen molar-refractivity contribution in [3.63, 3.8) is 0 Å². The molecule has 5 rings (SSSR count). The Hall–Kier alpha value is -3.58. The number of benzene rings is 3. The minimum atomic E-state index is -0.658. The van der Waals surface area contributed by atoms with Crippen LogP contribution in [-0.2, 0) is 0 Å². The van der Waals surface area contributed by atoms with Gasteiger partial charge in [-0.25, -0.2) is 0 Å². The first-order valence-corrected chi connectivity index (χ1v) is 12.3. The van der Waals surface area contributed by atoms with Gasteiger partial charge in [0, 0.05) is 16.2 Å². The maximum absolute atomic E-state index is 13.7. The molecule has 0 spiro atoms. The van der Waals surface area contributed by atoms with Crippen LogP contribution in [0, 0.1) is 0 Å². The average Bonchev–Trinajstić information content (AvgIpc) is 3.17. The number of methoxy groups -OCH3 is 1. The van der Waals surface area contributed by atoms with Crippen LogP contribution in [0.5, 0.6) is 11.5 Å². The Morgan fingerprint density at radius 2 is 1.80 bits per heavy atom. The van der Waals surface area contributed by atoms with E-state index in [9.17, 15) is 9.59 Å². The number of carbonyl (C=O) groups excluding carboxylic acids is 1. The number of unbranched alkanes of at least 4 members (excludes halogenated alkanes) is 1. The summed E-state index contributed by atoms with van der Waals surface area (Å²) < 4.78 is 18.0. The van der Waals surface area contributed by atoms with Crippen molar-refractivity contribution in [3.8, 4) is 11.5 Å². The lowest BCUT2D eigenvalue weighted by Crippen LogP contribution is -2.29. The molecule has 1 amide bonds. The van der Waals surface area contributed by atoms with E-state index in [0.29, 0.717) is 34.6 Å². The van der Waals surface area contributed by atoms with Crippen molar-refractivity contribution in [2.45, 2.75) is 25.8 Å². The number of amides is 1. The van der Waals surface area contributed by atoms with Gasteiger partial charge < -0.3 is 13.9 Å². The number of carbonyl (C=O) groups is 1. The first kappa shape index (κ1) is 23.2. The van der Waals surface area contributed by atoms with Crippen LogP contribution in [0.25, 0.3) is 11.0 Å². The van der Waals surface area contributed by atoms with Gasteiger partial charge in [-0.1, -0.05) is 47.5 Å². The molecule has 0 saturated carbocycles. The van der Waals surface area contributed by atoms with Gasteiger partial charge in [-0.05, 0) is 54.4 Å². The first-order valence-electron chi connectivity index (χ1n) is 11.5. The Labute approximate surface area is 211 Å². The molecule has 178 valence electrons. The number of rotatable bonds is 7. The maximum Gasteiger partial charge on any atom is 0.295 e. The third-order valence-electron chi connectivity index (χ3n) is 6.13. The Bertz CT molecular complexity index is 1460. The number of hydrogen-bond acceptors (Lipinski definition) is 5. The van der Waals surface area contributed by atoms with Crippen LogP contribution in [0.15, 0.2) is 80.4 Å². The standard InChI is InChI=1S/C28H24BrNO5/c1-3-4-14-34-20-11-8-17(9-12-20)25-24-26(31)22-15-18(29)10-13-23(22)35-27(24)28(32)30(25)19-6-5-7-21(16-19)33-2/h5-13,15-16,25H,3-4,14H2,1-2H3.